The van der Waals surface area contributed by atoms with Crippen molar-refractivity contribution in [2.75, 3.05) is 31.9 Å². The van der Waals surface area contributed by atoms with Gasteiger partial charge in [-0.2, -0.15) is 0 Å². The molecule has 0 N–H and O–H groups in total. The summed E-state index contributed by atoms with van der Waals surface area (Å²) in [6.07, 6.45) is 0. The quantitative estimate of drug-likeness (QED) is 0.435. The number of benzene rings is 2. The van der Waals surface area contributed by atoms with Crippen LogP contribution in [-0.4, -0.2) is 62.4 Å². The van der Waals surface area contributed by atoms with Crippen LogP contribution in [0.1, 0.15) is 32.4 Å². The van der Waals surface area contributed by atoms with E-state index in [1.54, 1.807) is 18.2 Å². The van der Waals surface area contributed by atoms with Gasteiger partial charge in [0.15, 0.2) is 11.0 Å². The third-order valence-corrected chi connectivity index (χ3v) is 7.15. The van der Waals surface area contributed by atoms with Gasteiger partial charge in [-0.25, -0.2) is 4.39 Å². The van der Waals surface area contributed by atoms with Crippen LogP contribution in [0.15, 0.2) is 59.8 Å². The predicted octanol–water partition coefficient (Wildman–Crippen LogP) is 4.74. The fourth-order valence-electron chi connectivity index (χ4n) is 4.29. The maximum Gasteiger partial charge on any atom is 0.233 e. The van der Waals surface area contributed by atoms with E-state index in [-0.39, 0.29) is 11.7 Å². The van der Waals surface area contributed by atoms with Gasteiger partial charge in [-0.1, -0.05) is 68.1 Å². The Balaban J connectivity index is 1.37. The van der Waals surface area contributed by atoms with Gasteiger partial charge in [0.05, 0.1) is 11.3 Å². The second kappa shape index (κ2) is 11.1. The van der Waals surface area contributed by atoms with E-state index in [9.17, 15) is 9.18 Å². The minimum Gasteiger partial charge on any atom is -0.339 e. The number of hydrogen-bond donors (Lipinski definition) is 0. The molecule has 1 aliphatic rings. The first-order valence-electron chi connectivity index (χ1n) is 11.8. The van der Waals surface area contributed by atoms with E-state index in [1.807, 2.05) is 15.5 Å². The average molecular weight is 482 g/mol. The lowest BCUT2D eigenvalue weighted by molar-refractivity contribution is -0.130. The van der Waals surface area contributed by atoms with E-state index < -0.39 is 0 Å². The molecule has 34 heavy (non-hydrogen) atoms. The molecule has 0 unspecified atom stereocenters. The number of halogens is 1. The van der Waals surface area contributed by atoms with Crippen LogP contribution in [0.3, 0.4) is 0 Å². The third-order valence-electron chi connectivity index (χ3n) is 6.20. The van der Waals surface area contributed by atoms with Gasteiger partial charge in [-0.05, 0) is 30.5 Å². The lowest BCUT2D eigenvalue weighted by atomic mass is 10.1. The standard InChI is InChI=1S/C26H32FN5OS/c1-19(2)17-32-25(22-11-7-8-12-23(22)27)28-29-26(32)34-18-24(33)31-15-13-30(14-16-31)20(3)21-9-5-4-6-10-21/h4-12,19-20H,13-18H2,1-3H3/t20-/m1/s1. The zero-order valence-electron chi connectivity index (χ0n) is 20.0. The van der Waals surface area contributed by atoms with E-state index >= 15 is 0 Å². The summed E-state index contributed by atoms with van der Waals surface area (Å²) in [7, 11) is 0. The number of thioether (sulfide) groups is 1. The molecule has 1 saturated heterocycles. The minimum atomic E-state index is -0.324. The Labute approximate surface area is 205 Å². The molecule has 1 amide bonds. The lowest BCUT2D eigenvalue weighted by Crippen LogP contribution is -2.49. The minimum absolute atomic E-state index is 0.101. The van der Waals surface area contributed by atoms with Crippen LogP contribution in [0.25, 0.3) is 11.4 Å². The topological polar surface area (TPSA) is 54.3 Å². The highest BCUT2D eigenvalue weighted by atomic mass is 32.2. The van der Waals surface area contributed by atoms with Gasteiger partial charge in [0.25, 0.3) is 0 Å². The number of rotatable bonds is 8. The Kier molecular flexibility index (Phi) is 8.00. The third kappa shape index (κ3) is 5.67. The summed E-state index contributed by atoms with van der Waals surface area (Å²) in [4.78, 5) is 17.3. The molecule has 2 aromatic carbocycles. The van der Waals surface area contributed by atoms with Crippen molar-refractivity contribution < 1.29 is 9.18 Å². The molecule has 0 radical (unpaired) electrons. The van der Waals surface area contributed by atoms with Crippen LogP contribution in [0.5, 0.6) is 0 Å². The van der Waals surface area contributed by atoms with Gasteiger partial charge in [-0.15, -0.1) is 10.2 Å². The molecule has 8 heteroatoms. The maximum absolute atomic E-state index is 14.4. The van der Waals surface area contributed by atoms with Crippen molar-refractivity contribution in [3.8, 4) is 11.4 Å². The van der Waals surface area contributed by atoms with Crippen molar-refractivity contribution in [3.63, 3.8) is 0 Å². The fraction of sp³-hybridized carbons (Fsp3) is 0.423. The molecule has 2 heterocycles. The summed E-state index contributed by atoms with van der Waals surface area (Å²) in [6, 6.07) is 17.4. The van der Waals surface area contributed by atoms with Crippen LogP contribution in [0.2, 0.25) is 0 Å². The number of hydrogen-bond acceptors (Lipinski definition) is 5. The number of aromatic nitrogens is 3. The van der Waals surface area contributed by atoms with E-state index in [1.165, 1.54) is 23.4 Å². The summed E-state index contributed by atoms with van der Waals surface area (Å²) in [5, 5.41) is 9.22. The normalized spacial score (nSPS) is 15.6. The predicted molar refractivity (Wildman–Crippen MR) is 134 cm³/mol. The first kappa shape index (κ1) is 24.4. The Bertz CT molecular complexity index is 1100. The van der Waals surface area contributed by atoms with Gasteiger partial charge in [0, 0.05) is 38.8 Å². The summed E-state index contributed by atoms with van der Waals surface area (Å²) >= 11 is 1.38. The zero-order valence-corrected chi connectivity index (χ0v) is 20.8. The van der Waals surface area contributed by atoms with Crippen LogP contribution >= 0.6 is 11.8 Å². The van der Waals surface area contributed by atoms with Crippen molar-refractivity contribution >= 4 is 17.7 Å². The largest absolute Gasteiger partial charge is 0.339 e. The molecule has 6 nitrogen and oxygen atoms in total. The molecule has 180 valence electrons. The number of carbonyl (C=O) groups is 1. The van der Waals surface area contributed by atoms with E-state index in [0.717, 1.165) is 26.2 Å². The summed E-state index contributed by atoms with van der Waals surface area (Å²) in [5.41, 5.74) is 1.73. The Morgan fingerprint density at radius 2 is 1.65 bits per heavy atom. The van der Waals surface area contributed by atoms with E-state index in [2.05, 4.69) is 60.1 Å². The fourth-order valence-corrected chi connectivity index (χ4v) is 5.14. The van der Waals surface area contributed by atoms with Gasteiger partial charge in [-0.3, -0.25) is 9.69 Å². The highest BCUT2D eigenvalue weighted by Gasteiger charge is 2.25. The lowest BCUT2D eigenvalue weighted by Gasteiger charge is -2.38. The van der Waals surface area contributed by atoms with Crippen molar-refractivity contribution in [2.24, 2.45) is 5.92 Å². The molecule has 1 aliphatic heterocycles. The summed E-state index contributed by atoms with van der Waals surface area (Å²) in [5.74, 6) is 0.905. The van der Waals surface area contributed by atoms with Crippen molar-refractivity contribution in [3.05, 3.63) is 66.0 Å². The van der Waals surface area contributed by atoms with E-state index in [0.29, 0.717) is 40.8 Å². The molecular weight excluding hydrogens is 449 g/mol. The Morgan fingerprint density at radius 3 is 2.32 bits per heavy atom. The van der Waals surface area contributed by atoms with Gasteiger partial charge >= 0.3 is 0 Å². The second-order valence-corrected chi connectivity index (χ2v) is 10.0. The highest BCUT2D eigenvalue weighted by Crippen LogP contribution is 2.27. The molecule has 1 aromatic heterocycles. The summed E-state index contributed by atoms with van der Waals surface area (Å²) in [6.45, 7) is 10.2. The van der Waals surface area contributed by atoms with Crippen LogP contribution in [-0.2, 0) is 11.3 Å². The number of carbonyl (C=O) groups excluding carboxylic acids is 1. The SMILES string of the molecule is CC(C)Cn1c(SCC(=O)N2CCN([C@H](C)c3ccccc3)CC2)nnc1-c1ccccc1F. The average Bonchev–Trinajstić information content (AvgIpc) is 3.24. The summed E-state index contributed by atoms with van der Waals surface area (Å²) < 4.78 is 16.3. The van der Waals surface area contributed by atoms with Crippen molar-refractivity contribution in [2.45, 2.75) is 38.5 Å². The molecule has 3 aromatic rings. The first-order chi connectivity index (χ1) is 16.4. The second-order valence-electron chi connectivity index (χ2n) is 9.08. The highest BCUT2D eigenvalue weighted by molar-refractivity contribution is 7.99. The number of nitrogens with zero attached hydrogens (tertiary/aromatic N) is 5. The number of amides is 1. The zero-order chi connectivity index (χ0) is 24.1. The molecule has 4 rings (SSSR count). The molecular formula is C26H32FN5OS. The van der Waals surface area contributed by atoms with Crippen molar-refractivity contribution in [1.29, 1.82) is 0 Å². The maximum atomic E-state index is 14.4. The first-order valence-corrected chi connectivity index (χ1v) is 12.8. The van der Waals surface area contributed by atoms with Gasteiger partial charge < -0.3 is 9.47 Å². The molecule has 1 fully saturated rings. The van der Waals surface area contributed by atoms with Crippen LogP contribution in [0.4, 0.5) is 4.39 Å². The van der Waals surface area contributed by atoms with Crippen LogP contribution in [0, 0.1) is 11.7 Å². The van der Waals surface area contributed by atoms with Crippen molar-refractivity contribution in [1.82, 2.24) is 24.6 Å². The molecule has 0 spiro atoms. The Hall–Kier alpha value is -2.71. The Morgan fingerprint density at radius 1 is 0.971 bits per heavy atom. The molecule has 1 atom stereocenters. The molecule has 0 aliphatic carbocycles. The molecule has 0 saturated carbocycles. The smallest absolute Gasteiger partial charge is 0.233 e. The van der Waals surface area contributed by atoms with Crippen LogP contribution < -0.4 is 0 Å². The van der Waals surface area contributed by atoms with E-state index in [4.69, 9.17) is 0 Å². The monoisotopic (exact) mass is 481 g/mol. The van der Waals surface area contributed by atoms with Gasteiger partial charge in [0.2, 0.25) is 5.91 Å². The number of piperazine rings is 1. The molecule has 0 bridgehead atoms. The van der Waals surface area contributed by atoms with Gasteiger partial charge in [0.1, 0.15) is 5.82 Å².